The summed E-state index contributed by atoms with van der Waals surface area (Å²) in [4.78, 5) is 19.1. The van der Waals surface area contributed by atoms with Crippen molar-refractivity contribution in [2.75, 3.05) is 45.2 Å². The lowest BCUT2D eigenvalue weighted by Gasteiger charge is -2.31. The Morgan fingerprint density at radius 3 is 2.67 bits per heavy atom. The second kappa shape index (κ2) is 10.2. The van der Waals surface area contributed by atoms with Gasteiger partial charge in [-0.25, -0.2) is 13.4 Å². The maximum absolute atomic E-state index is 13.0. The highest BCUT2D eigenvalue weighted by Gasteiger charge is 2.27. The van der Waals surface area contributed by atoms with E-state index in [1.54, 1.807) is 18.2 Å². The van der Waals surface area contributed by atoms with Crippen LogP contribution in [-0.4, -0.2) is 68.3 Å². The van der Waals surface area contributed by atoms with Crippen LogP contribution in [-0.2, 0) is 14.8 Å². The highest BCUT2D eigenvalue weighted by molar-refractivity contribution is 7.89. The minimum atomic E-state index is -3.55. The summed E-state index contributed by atoms with van der Waals surface area (Å²) >= 11 is 1.28. The van der Waals surface area contributed by atoms with Gasteiger partial charge in [0.15, 0.2) is 5.13 Å². The van der Waals surface area contributed by atoms with Crippen molar-refractivity contribution in [1.29, 1.82) is 0 Å². The van der Waals surface area contributed by atoms with Gasteiger partial charge in [0, 0.05) is 32.6 Å². The molecule has 0 spiro atoms. The summed E-state index contributed by atoms with van der Waals surface area (Å²) in [6.07, 6.45) is 0.892. The molecule has 1 saturated heterocycles. The van der Waals surface area contributed by atoms with Crippen LogP contribution >= 0.6 is 11.3 Å². The average Bonchev–Trinajstić information content (AvgIpc) is 3.19. The molecular weight excluding hydrogens is 460 g/mol. The van der Waals surface area contributed by atoms with Gasteiger partial charge in [-0.2, -0.15) is 4.31 Å². The van der Waals surface area contributed by atoms with Gasteiger partial charge in [0.05, 0.1) is 21.7 Å². The molecule has 176 valence electrons. The third-order valence-corrected chi connectivity index (χ3v) is 8.43. The minimum Gasteiger partial charge on any atom is -0.493 e. The Kier molecular flexibility index (Phi) is 7.28. The molecular formula is C23H28N4O4S2. The molecule has 1 aromatic heterocycles. The van der Waals surface area contributed by atoms with E-state index in [-0.39, 0.29) is 10.8 Å². The standard InChI is InChI=1S/C23H28N4O4S2/c1-17-6-3-4-7-20(17)31-15-5-8-22(28)25-23-24-19-10-9-18(16-21(19)32-23)33(29,30)27-13-11-26(2)12-14-27/h3-4,6-7,9-10,16H,5,8,11-15H2,1-2H3,(H,24,25,28). The van der Waals surface area contributed by atoms with E-state index < -0.39 is 10.0 Å². The summed E-state index contributed by atoms with van der Waals surface area (Å²) in [5.74, 6) is 0.680. The number of benzene rings is 2. The monoisotopic (exact) mass is 488 g/mol. The summed E-state index contributed by atoms with van der Waals surface area (Å²) in [5, 5.41) is 3.28. The van der Waals surface area contributed by atoms with Crippen LogP contribution in [0.2, 0.25) is 0 Å². The molecule has 0 bridgehead atoms. The van der Waals surface area contributed by atoms with E-state index in [1.807, 2.05) is 38.2 Å². The Hall–Kier alpha value is -2.53. The van der Waals surface area contributed by atoms with Gasteiger partial charge in [-0.15, -0.1) is 0 Å². The van der Waals surface area contributed by atoms with Crippen LogP contribution < -0.4 is 10.1 Å². The zero-order chi connectivity index (χ0) is 23.4. The lowest BCUT2D eigenvalue weighted by atomic mass is 10.2. The van der Waals surface area contributed by atoms with Crippen molar-refractivity contribution in [3.05, 3.63) is 48.0 Å². The molecule has 4 rings (SSSR count). The number of aromatic nitrogens is 1. The molecule has 0 unspecified atom stereocenters. The average molecular weight is 489 g/mol. The van der Waals surface area contributed by atoms with Gasteiger partial charge in [0.1, 0.15) is 5.75 Å². The van der Waals surface area contributed by atoms with Gasteiger partial charge < -0.3 is 15.0 Å². The van der Waals surface area contributed by atoms with Gasteiger partial charge in [0.2, 0.25) is 15.9 Å². The second-order valence-electron chi connectivity index (χ2n) is 8.12. The van der Waals surface area contributed by atoms with E-state index in [2.05, 4.69) is 15.2 Å². The number of aryl methyl sites for hydroxylation is 1. The Morgan fingerprint density at radius 2 is 1.91 bits per heavy atom. The van der Waals surface area contributed by atoms with E-state index in [4.69, 9.17) is 4.74 Å². The van der Waals surface area contributed by atoms with Gasteiger partial charge in [-0.3, -0.25) is 4.79 Å². The molecule has 1 amide bonds. The molecule has 33 heavy (non-hydrogen) atoms. The summed E-state index contributed by atoms with van der Waals surface area (Å²) in [6, 6.07) is 12.7. The van der Waals surface area contributed by atoms with Crippen molar-refractivity contribution >= 4 is 42.6 Å². The first-order valence-electron chi connectivity index (χ1n) is 10.9. The zero-order valence-corrected chi connectivity index (χ0v) is 20.4. The van der Waals surface area contributed by atoms with Crippen molar-refractivity contribution in [3.8, 4) is 5.75 Å². The third kappa shape index (κ3) is 5.70. The summed E-state index contributed by atoms with van der Waals surface area (Å²) in [5.41, 5.74) is 1.72. The molecule has 8 nitrogen and oxygen atoms in total. The van der Waals surface area contributed by atoms with Crippen LogP contribution in [0.4, 0.5) is 5.13 Å². The molecule has 0 saturated carbocycles. The molecule has 3 aromatic rings. The molecule has 1 fully saturated rings. The van der Waals surface area contributed by atoms with E-state index >= 15 is 0 Å². The zero-order valence-electron chi connectivity index (χ0n) is 18.8. The second-order valence-corrected chi connectivity index (χ2v) is 11.1. The van der Waals surface area contributed by atoms with Crippen LogP contribution in [0.25, 0.3) is 10.2 Å². The number of carbonyl (C=O) groups excluding carboxylic acids is 1. The quantitative estimate of drug-likeness (QED) is 0.489. The van der Waals surface area contributed by atoms with Crippen LogP contribution in [0.15, 0.2) is 47.4 Å². The van der Waals surface area contributed by atoms with Gasteiger partial charge in [-0.1, -0.05) is 29.5 Å². The van der Waals surface area contributed by atoms with E-state index in [1.165, 1.54) is 15.6 Å². The number of rotatable bonds is 8. The molecule has 1 aliphatic rings. The van der Waals surface area contributed by atoms with Crippen LogP contribution in [0.1, 0.15) is 18.4 Å². The maximum Gasteiger partial charge on any atom is 0.243 e. The Morgan fingerprint density at radius 1 is 1.15 bits per heavy atom. The number of thiazole rings is 1. The number of para-hydroxylation sites is 1. The van der Waals surface area contributed by atoms with Crippen molar-refractivity contribution < 1.29 is 17.9 Å². The number of amides is 1. The predicted octanol–water partition coefficient (Wildman–Crippen LogP) is 3.34. The van der Waals surface area contributed by atoms with Crippen LogP contribution in [0, 0.1) is 6.92 Å². The van der Waals surface area contributed by atoms with Gasteiger partial charge in [-0.05, 0) is 50.2 Å². The molecule has 1 N–H and O–H groups in total. The molecule has 10 heteroatoms. The molecule has 1 aliphatic heterocycles. The summed E-state index contributed by atoms with van der Waals surface area (Å²) < 4.78 is 34.0. The SMILES string of the molecule is Cc1ccccc1OCCCC(=O)Nc1nc2ccc(S(=O)(=O)N3CCN(C)CC3)cc2s1. The van der Waals surface area contributed by atoms with Crippen molar-refractivity contribution in [2.24, 2.45) is 0 Å². The molecule has 2 aromatic carbocycles. The van der Waals surface area contributed by atoms with E-state index in [9.17, 15) is 13.2 Å². The Balaban J connectivity index is 1.34. The molecule has 0 atom stereocenters. The maximum atomic E-state index is 13.0. The summed E-state index contributed by atoms with van der Waals surface area (Å²) in [6.45, 7) is 4.83. The van der Waals surface area contributed by atoms with Gasteiger partial charge in [0.25, 0.3) is 0 Å². The predicted molar refractivity (Wildman–Crippen MR) is 130 cm³/mol. The molecule has 0 radical (unpaired) electrons. The normalized spacial score (nSPS) is 15.6. The largest absolute Gasteiger partial charge is 0.493 e. The van der Waals surface area contributed by atoms with Crippen molar-refractivity contribution in [3.63, 3.8) is 0 Å². The van der Waals surface area contributed by atoms with Crippen molar-refractivity contribution in [1.82, 2.24) is 14.2 Å². The Labute approximate surface area is 198 Å². The first kappa shape index (κ1) is 23.6. The number of ether oxygens (including phenoxy) is 1. The topological polar surface area (TPSA) is 91.8 Å². The Bertz CT molecular complexity index is 1230. The van der Waals surface area contributed by atoms with Gasteiger partial charge >= 0.3 is 0 Å². The number of nitrogens with one attached hydrogen (secondary N) is 1. The number of hydrogen-bond acceptors (Lipinski definition) is 7. The fraction of sp³-hybridized carbons (Fsp3) is 0.391. The highest BCUT2D eigenvalue weighted by Crippen LogP contribution is 2.29. The van der Waals surface area contributed by atoms with Crippen LogP contribution in [0.5, 0.6) is 5.75 Å². The third-order valence-electron chi connectivity index (χ3n) is 5.61. The fourth-order valence-corrected chi connectivity index (χ4v) is 6.06. The number of carbonyl (C=O) groups is 1. The van der Waals surface area contributed by atoms with Crippen LogP contribution in [0.3, 0.4) is 0 Å². The number of hydrogen-bond donors (Lipinski definition) is 1. The van der Waals surface area contributed by atoms with E-state index in [0.29, 0.717) is 56.3 Å². The fourth-order valence-electron chi connectivity index (χ4n) is 3.61. The van der Waals surface area contributed by atoms with E-state index in [0.717, 1.165) is 16.0 Å². The number of sulfonamides is 1. The first-order chi connectivity index (χ1) is 15.8. The lowest BCUT2D eigenvalue weighted by molar-refractivity contribution is -0.116. The first-order valence-corrected chi connectivity index (χ1v) is 13.2. The number of likely N-dealkylation sites (N-methyl/N-ethyl adjacent to an activating group) is 1. The summed E-state index contributed by atoms with van der Waals surface area (Å²) in [7, 11) is -1.56. The van der Waals surface area contributed by atoms with Crippen molar-refractivity contribution in [2.45, 2.75) is 24.7 Å². The molecule has 0 aliphatic carbocycles. The molecule has 2 heterocycles. The number of anilines is 1. The smallest absolute Gasteiger partial charge is 0.243 e. The highest BCUT2D eigenvalue weighted by atomic mass is 32.2. The lowest BCUT2D eigenvalue weighted by Crippen LogP contribution is -2.46. The number of fused-ring (bicyclic) bond motifs is 1. The number of piperazine rings is 1. The minimum absolute atomic E-state index is 0.146. The number of nitrogens with zero attached hydrogens (tertiary/aromatic N) is 3.